The van der Waals surface area contributed by atoms with Crippen molar-refractivity contribution in [3.63, 3.8) is 0 Å². The van der Waals surface area contributed by atoms with E-state index in [1.165, 1.54) is 6.07 Å². The molecule has 1 aromatic rings. The maximum Gasteiger partial charge on any atom is 0.251 e. The summed E-state index contributed by atoms with van der Waals surface area (Å²) in [6, 6.07) is 6.35. The highest BCUT2D eigenvalue weighted by Crippen LogP contribution is 2.53. The molecule has 0 aromatic heterocycles. The van der Waals surface area contributed by atoms with Crippen molar-refractivity contribution in [1.29, 1.82) is 0 Å². The Morgan fingerprint density at radius 3 is 2.74 bits per heavy atom. The van der Waals surface area contributed by atoms with E-state index in [1.807, 2.05) is 0 Å². The SMILES string of the molecule is COCCNC(=O)c1cccc(S(=O)(=O)N2C[C@@]3(C)C[C@H]2CC(C)(C)C3)c1. The van der Waals surface area contributed by atoms with E-state index in [4.69, 9.17) is 4.74 Å². The smallest absolute Gasteiger partial charge is 0.251 e. The standard InChI is InChI=1S/C20H30N2O4S/c1-19(2)11-16-12-20(3,13-19)14-22(16)27(24,25)17-7-5-6-15(10-17)18(23)21-8-9-26-4/h5-7,10,16H,8-9,11-14H2,1-4H3,(H,21,23)/t16-,20+/m1/s1. The topological polar surface area (TPSA) is 75.7 Å². The quantitative estimate of drug-likeness (QED) is 0.753. The maximum absolute atomic E-state index is 13.3. The van der Waals surface area contributed by atoms with E-state index in [1.54, 1.807) is 29.6 Å². The van der Waals surface area contributed by atoms with Crippen LogP contribution in [0.1, 0.15) is 50.4 Å². The average molecular weight is 395 g/mol. The van der Waals surface area contributed by atoms with Crippen molar-refractivity contribution in [3.8, 4) is 0 Å². The zero-order chi connectivity index (χ0) is 19.9. The molecule has 0 spiro atoms. The lowest BCUT2D eigenvalue weighted by molar-refractivity contribution is 0.0937. The number of hydrogen-bond acceptors (Lipinski definition) is 4. The molecular formula is C20H30N2O4S. The number of carbonyl (C=O) groups is 1. The normalized spacial score (nSPS) is 27.5. The Bertz CT molecular complexity index is 821. The summed E-state index contributed by atoms with van der Waals surface area (Å²) in [5, 5.41) is 2.73. The van der Waals surface area contributed by atoms with Gasteiger partial charge in [0.1, 0.15) is 0 Å². The van der Waals surface area contributed by atoms with Gasteiger partial charge in [-0.05, 0) is 48.3 Å². The fourth-order valence-electron chi connectivity index (χ4n) is 4.99. The molecule has 1 N–H and O–H groups in total. The highest BCUT2D eigenvalue weighted by Gasteiger charge is 2.53. The van der Waals surface area contributed by atoms with Gasteiger partial charge in [-0.25, -0.2) is 8.42 Å². The van der Waals surface area contributed by atoms with E-state index >= 15 is 0 Å². The molecule has 150 valence electrons. The van der Waals surface area contributed by atoms with E-state index in [0.29, 0.717) is 25.3 Å². The third-order valence-corrected chi connectivity index (χ3v) is 7.56. The van der Waals surface area contributed by atoms with Crippen LogP contribution in [0.4, 0.5) is 0 Å². The fourth-order valence-corrected chi connectivity index (χ4v) is 6.81. The van der Waals surface area contributed by atoms with Crippen molar-refractivity contribution in [2.75, 3.05) is 26.8 Å². The predicted octanol–water partition coefficient (Wildman–Crippen LogP) is 2.65. The minimum atomic E-state index is -3.63. The van der Waals surface area contributed by atoms with Gasteiger partial charge >= 0.3 is 0 Å². The molecule has 1 saturated heterocycles. The van der Waals surface area contributed by atoms with Crippen LogP contribution < -0.4 is 5.32 Å². The first-order chi connectivity index (χ1) is 12.6. The Morgan fingerprint density at radius 2 is 2.04 bits per heavy atom. The Labute approximate surface area is 162 Å². The number of benzene rings is 1. The van der Waals surface area contributed by atoms with Gasteiger partial charge in [-0.15, -0.1) is 0 Å². The highest BCUT2D eigenvalue weighted by atomic mass is 32.2. The molecule has 1 aromatic carbocycles. The van der Waals surface area contributed by atoms with Crippen LogP contribution in [-0.4, -0.2) is 51.5 Å². The van der Waals surface area contributed by atoms with Crippen molar-refractivity contribution in [2.45, 2.75) is 51.0 Å². The zero-order valence-corrected chi connectivity index (χ0v) is 17.4. The first-order valence-electron chi connectivity index (χ1n) is 9.45. The van der Waals surface area contributed by atoms with Gasteiger partial charge in [-0.1, -0.05) is 26.8 Å². The molecule has 0 radical (unpaired) electrons. The molecule has 2 fully saturated rings. The van der Waals surface area contributed by atoms with E-state index in [0.717, 1.165) is 19.3 Å². The monoisotopic (exact) mass is 394 g/mol. The van der Waals surface area contributed by atoms with E-state index in [2.05, 4.69) is 26.1 Å². The van der Waals surface area contributed by atoms with Gasteiger partial charge in [0.15, 0.2) is 0 Å². The van der Waals surface area contributed by atoms with Crippen molar-refractivity contribution in [3.05, 3.63) is 29.8 Å². The second-order valence-electron chi connectivity index (χ2n) is 9.04. The zero-order valence-electron chi connectivity index (χ0n) is 16.6. The maximum atomic E-state index is 13.3. The van der Waals surface area contributed by atoms with Gasteiger partial charge in [0.25, 0.3) is 5.91 Å². The number of nitrogens with zero attached hydrogens (tertiary/aromatic N) is 1. The number of hydrogen-bond donors (Lipinski definition) is 1. The molecule has 1 aliphatic carbocycles. The largest absolute Gasteiger partial charge is 0.383 e. The molecular weight excluding hydrogens is 364 g/mol. The van der Waals surface area contributed by atoms with Crippen molar-refractivity contribution < 1.29 is 17.9 Å². The first-order valence-corrected chi connectivity index (χ1v) is 10.9. The average Bonchev–Trinajstić information content (AvgIpc) is 2.84. The lowest BCUT2D eigenvalue weighted by Gasteiger charge is -2.39. The van der Waals surface area contributed by atoms with Gasteiger partial charge < -0.3 is 10.1 Å². The van der Waals surface area contributed by atoms with E-state index in [-0.39, 0.29) is 27.7 Å². The summed E-state index contributed by atoms with van der Waals surface area (Å²) in [6.07, 6.45) is 2.82. The van der Waals surface area contributed by atoms with Crippen LogP contribution in [0.5, 0.6) is 0 Å². The van der Waals surface area contributed by atoms with Crippen molar-refractivity contribution in [2.24, 2.45) is 10.8 Å². The number of nitrogens with one attached hydrogen (secondary N) is 1. The molecule has 6 nitrogen and oxygen atoms in total. The number of carbonyl (C=O) groups excluding carboxylic acids is 1. The van der Waals surface area contributed by atoms with Gasteiger partial charge in [-0.3, -0.25) is 4.79 Å². The molecule has 27 heavy (non-hydrogen) atoms. The second kappa shape index (κ2) is 7.18. The van der Waals surface area contributed by atoms with Crippen LogP contribution >= 0.6 is 0 Å². The van der Waals surface area contributed by atoms with E-state index in [9.17, 15) is 13.2 Å². The highest BCUT2D eigenvalue weighted by molar-refractivity contribution is 7.89. The summed E-state index contributed by atoms with van der Waals surface area (Å²) in [5.41, 5.74) is 0.514. The number of rotatable bonds is 6. The summed E-state index contributed by atoms with van der Waals surface area (Å²) in [6.45, 7) is 7.97. The molecule has 1 amide bonds. The molecule has 0 unspecified atom stereocenters. The molecule has 2 atom stereocenters. The van der Waals surface area contributed by atoms with Crippen LogP contribution in [-0.2, 0) is 14.8 Å². The molecule has 3 rings (SSSR count). The number of amides is 1. The summed E-state index contributed by atoms with van der Waals surface area (Å²) in [4.78, 5) is 12.5. The van der Waals surface area contributed by atoms with Gasteiger partial charge in [0, 0.05) is 31.8 Å². The molecule has 1 aliphatic heterocycles. The number of fused-ring (bicyclic) bond motifs is 2. The number of methoxy groups -OCH3 is 1. The molecule has 1 saturated carbocycles. The van der Waals surface area contributed by atoms with Gasteiger partial charge in [0.05, 0.1) is 11.5 Å². The Morgan fingerprint density at radius 1 is 1.30 bits per heavy atom. The Balaban J connectivity index is 1.84. The first kappa shape index (κ1) is 20.3. The number of ether oxygens (including phenoxy) is 1. The predicted molar refractivity (Wildman–Crippen MR) is 104 cm³/mol. The number of sulfonamides is 1. The van der Waals surface area contributed by atoms with Crippen LogP contribution in [0, 0.1) is 10.8 Å². The Kier molecular flexibility index (Phi) is 5.40. The summed E-state index contributed by atoms with van der Waals surface area (Å²) in [7, 11) is -2.07. The van der Waals surface area contributed by atoms with Crippen molar-refractivity contribution >= 4 is 15.9 Å². The lowest BCUT2D eigenvalue weighted by Crippen LogP contribution is -2.37. The van der Waals surface area contributed by atoms with E-state index < -0.39 is 10.0 Å². The summed E-state index contributed by atoms with van der Waals surface area (Å²) >= 11 is 0. The van der Waals surface area contributed by atoms with Crippen LogP contribution in [0.2, 0.25) is 0 Å². The van der Waals surface area contributed by atoms with Crippen LogP contribution in [0.25, 0.3) is 0 Å². The Hall–Kier alpha value is -1.44. The minimum absolute atomic E-state index is 0.0224. The summed E-state index contributed by atoms with van der Waals surface area (Å²) in [5.74, 6) is -0.294. The third kappa shape index (κ3) is 4.20. The lowest BCUT2D eigenvalue weighted by atomic mass is 9.65. The molecule has 2 aliphatic rings. The molecule has 7 heteroatoms. The van der Waals surface area contributed by atoms with Crippen molar-refractivity contribution in [1.82, 2.24) is 9.62 Å². The third-order valence-electron chi connectivity index (χ3n) is 5.66. The van der Waals surface area contributed by atoms with Crippen LogP contribution in [0.3, 0.4) is 0 Å². The summed E-state index contributed by atoms with van der Waals surface area (Å²) < 4.78 is 33.3. The van der Waals surface area contributed by atoms with Gasteiger partial charge in [0.2, 0.25) is 10.0 Å². The fraction of sp³-hybridized carbons (Fsp3) is 0.650. The van der Waals surface area contributed by atoms with Gasteiger partial charge in [-0.2, -0.15) is 4.31 Å². The second-order valence-corrected chi connectivity index (χ2v) is 10.9. The van der Waals surface area contributed by atoms with Crippen LogP contribution in [0.15, 0.2) is 29.2 Å². The minimum Gasteiger partial charge on any atom is -0.383 e. The molecule has 2 bridgehead atoms. The molecule has 1 heterocycles.